The number of benzene rings is 2. The van der Waals surface area contributed by atoms with Gasteiger partial charge in [-0.05, 0) is 43.9 Å². The monoisotopic (exact) mass is 1470 g/mol. The predicted molar refractivity (Wildman–Crippen MR) is 370 cm³/mol. The van der Waals surface area contributed by atoms with Crippen molar-refractivity contribution in [1.29, 1.82) is 0 Å². The van der Waals surface area contributed by atoms with Crippen LogP contribution in [0, 0.1) is 0 Å². The molecule has 2 aromatic carbocycles. The van der Waals surface area contributed by atoms with Crippen molar-refractivity contribution in [3.05, 3.63) is 40.6 Å². The van der Waals surface area contributed by atoms with Crippen LogP contribution in [-0.2, 0) is 65.4 Å². The largest absolute Gasteiger partial charge is 1.00 e. The fraction of sp³-hybridized carbons (Fsp3) is 0.736. The van der Waals surface area contributed by atoms with Crippen molar-refractivity contribution in [1.82, 2.24) is 0 Å². The van der Waals surface area contributed by atoms with Crippen molar-refractivity contribution in [2.45, 2.75) is 303 Å². The number of esters is 4. The van der Waals surface area contributed by atoms with E-state index in [2.05, 4.69) is 27.7 Å². The molecule has 0 radical (unpaired) electrons. The first-order chi connectivity index (χ1) is 47.0. The van der Waals surface area contributed by atoms with Crippen LogP contribution >= 0.6 is 15.6 Å². The van der Waals surface area contributed by atoms with Gasteiger partial charge < -0.3 is 81.9 Å². The normalized spacial score (nSPS) is 13.3. The number of aliphatic hydroxyl groups is 1. The standard InChI is InChI=1S/C57H110O17P2.C15H10O7.2Na/c1-5-9-13-17-21-25-29-33-37-41-54(59)67-47-52(73-56(61)43-39-35-31-27-23-19-15-11-7-3)49-71-75(63,64)69-45-51(58)46-70-76(65,66)72-50-53(74-57(62)44-40-36-32-28-24-20-16-12-8-4)48-68-55(60)42-38-34-30-26-22-18-14-10-6-2;16-7-4-10(19)12-11(5-7)22-15(14(21)13(12)20)6-1-2-8(17)9(18)3-6;;/h51-53,58H,5-50H2,1-4H3,(H,63,64)(H,65,66);1-5,16-19,21H;;/q;;2*+1/p-2. The van der Waals surface area contributed by atoms with Gasteiger partial charge >= 0.3 is 83.0 Å². The van der Waals surface area contributed by atoms with Gasteiger partial charge in [0.05, 0.1) is 26.4 Å². The predicted octanol–water partition coefficient (Wildman–Crippen LogP) is 9.94. The molecule has 0 spiro atoms. The molecule has 0 fully saturated rings. The second-order valence-electron chi connectivity index (χ2n) is 25.3. The summed E-state index contributed by atoms with van der Waals surface area (Å²) in [4.78, 5) is 88.4. The summed E-state index contributed by atoms with van der Waals surface area (Å²) in [5, 5.41) is 58.1. The number of carbonyl (C=O) groups is 4. The molecule has 3 rings (SSSR count). The number of ether oxygens (including phenoxy) is 4. The van der Waals surface area contributed by atoms with Crippen LogP contribution in [0.5, 0.6) is 28.7 Å². The average Bonchev–Trinajstić information content (AvgIpc) is 0.769. The molecule has 24 nitrogen and oxygen atoms in total. The molecule has 0 bridgehead atoms. The van der Waals surface area contributed by atoms with Gasteiger partial charge in [-0.15, -0.1) is 0 Å². The number of hydrogen-bond donors (Lipinski definition) is 6. The number of phenols is 4. The molecule has 4 unspecified atom stereocenters. The molecule has 6 N–H and O–H groups in total. The summed E-state index contributed by atoms with van der Waals surface area (Å²) < 4.78 is 72.0. The molecule has 0 aliphatic rings. The minimum atomic E-state index is -5.20. The van der Waals surface area contributed by atoms with Crippen molar-refractivity contribution in [3.63, 3.8) is 0 Å². The van der Waals surface area contributed by atoms with Crippen LogP contribution in [0.15, 0.2) is 39.5 Å². The van der Waals surface area contributed by atoms with Crippen molar-refractivity contribution >= 4 is 50.5 Å². The fourth-order valence-electron chi connectivity index (χ4n) is 10.5. The van der Waals surface area contributed by atoms with Crippen molar-refractivity contribution in [3.8, 4) is 40.1 Å². The Bertz CT molecular complexity index is 2720. The number of hydrogen-bond acceptors (Lipinski definition) is 24. The molecule has 1 heterocycles. The maximum absolute atomic E-state index is 12.8. The molecule has 0 aliphatic carbocycles. The Kier molecular flexibility index (Phi) is 57.9. The summed E-state index contributed by atoms with van der Waals surface area (Å²) in [6, 6.07) is 5.64. The van der Waals surface area contributed by atoms with E-state index >= 15 is 0 Å². The van der Waals surface area contributed by atoms with Crippen molar-refractivity contribution < 1.29 is 169 Å². The molecule has 0 aliphatic heterocycles. The van der Waals surface area contributed by atoms with Crippen LogP contribution in [0.2, 0.25) is 0 Å². The molecule has 0 amide bonds. The molecular weight excluding hydrogens is 1360 g/mol. The van der Waals surface area contributed by atoms with E-state index in [4.69, 9.17) is 41.5 Å². The maximum Gasteiger partial charge on any atom is 1.00 e. The van der Waals surface area contributed by atoms with E-state index in [0.29, 0.717) is 25.7 Å². The van der Waals surface area contributed by atoms with E-state index in [1.165, 1.54) is 109 Å². The number of aromatic hydroxyl groups is 5. The summed E-state index contributed by atoms with van der Waals surface area (Å²) in [5.41, 5.74) is -0.890. The Morgan fingerprint density at radius 2 is 0.740 bits per heavy atom. The Hall–Kier alpha value is -3.29. The summed E-state index contributed by atoms with van der Waals surface area (Å²) in [6.45, 7) is 4.36. The van der Waals surface area contributed by atoms with Gasteiger partial charge in [0.15, 0.2) is 29.5 Å². The molecule has 1 aromatic heterocycles. The van der Waals surface area contributed by atoms with Crippen LogP contribution in [0.1, 0.15) is 285 Å². The third kappa shape index (κ3) is 47.9. The van der Waals surface area contributed by atoms with E-state index in [1.54, 1.807) is 0 Å². The second kappa shape index (κ2) is 59.9. The molecule has 0 saturated carbocycles. The Morgan fingerprint density at radius 3 is 1.08 bits per heavy atom. The zero-order valence-electron chi connectivity index (χ0n) is 61.1. The molecule has 4 atom stereocenters. The van der Waals surface area contributed by atoms with Crippen LogP contribution in [-0.4, -0.2) is 112 Å². The average molecular weight is 1480 g/mol. The molecule has 562 valence electrons. The number of aliphatic hydroxyl groups excluding tert-OH is 1. The summed E-state index contributed by atoms with van der Waals surface area (Å²) >= 11 is 0. The van der Waals surface area contributed by atoms with E-state index < -0.39 is 120 Å². The third-order valence-electron chi connectivity index (χ3n) is 16.3. The van der Waals surface area contributed by atoms with Gasteiger partial charge in [-0.3, -0.25) is 33.1 Å². The minimum Gasteiger partial charge on any atom is -0.756 e. The Labute approximate surface area is 638 Å². The quantitative estimate of drug-likeness (QED) is 0.00764. The molecular formula is C72H118Na2O24P2. The van der Waals surface area contributed by atoms with E-state index in [-0.39, 0.29) is 119 Å². The van der Waals surface area contributed by atoms with Gasteiger partial charge in [-0.1, -0.05) is 233 Å². The number of fused-ring (bicyclic) bond motifs is 1. The minimum absolute atomic E-state index is 0. The van der Waals surface area contributed by atoms with Gasteiger partial charge in [-0.25, -0.2) is 0 Å². The number of phosphoric acid groups is 2. The molecule has 100 heavy (non-hydrogen) atoms. The Morgan fingerprint density at radius 1 is 0.420 bits per heavy atom. The van der Waals surface area contributed by atoms with Crippen LogP contribution in [0.3, 0.4) is 0 Å². The van der Waals surface area contributed by atoms with Crippen LogP contribution in [0.4, 0.5) is 0 Å². The van der Waals surface area contributed by atoms with Crippen molar-refractivity contribution in [2.24, 2.45) is 0 Å². The van der Waals surface area contributed by atoms with Gasteiger partial charge in [-0.2, -0.15) is 0 Å². The summed E-state index contributed by atoms with van der Waals surface area (Å²) in [7, 11) is -10.4. The first kappa shape index (κ1) is 96.7. The number of phenolic OH excluding ortho intramolecular Hbond substituents is 4. The topological polar surface area (TPSA) is 374 Å². The molecule has 0 saturated heterocycles. The number of phosphoric ester groups is 2. The summed E-state index contributed by atoms with van der Waals surface area (Å²) in [5.74, 6) is -4.95. The van der Waals surface area contributed by atoms with Gasteiger partial charge in [0.1, 0.15) is 41.8 Å². The van der Waals surface area contributed by atoms with Gasteiger partial charge in [0, 0.05) is 43.4 Å². The SMILES string of the molecule is CCCCCCCCCCCC(=O)OCC(COP(=O)([O-])OCC(O)COP(=O)([O-])OCC(COC(=O)CCCCCCCCCCC)OC(=O)CCCCCCCCCCC)OC(=O)CCCCCCCCCCC.O=c1c(O)c(-c2ccc(O)c(O)c2)oc2cc(O)cc(O)c12.[Na+].[Na+]. The first-order valence-corrected chi connectivity index (χ1v) is 39.3. The third-order valence-corrected chi connectivity index (χ3v) is 18.1. The van der Waals surface area contributed by atoms with Crippen molar-refractivity contribution in [2.75, 3.05) is 39.6 Å². The molecule has 28 heteroatoms. The number of rotatable bonds is 59. The summed E-state index contributed by atoms with van der Waals surface area (Å²) in [6.07, 6.45) is 34.2. The maximum atomic E-state index is 12.8. The second-order valence-corrected chi connectivity index (χ2v) is 28.1. The fourth-order valence-corrected chi connectivity index (χ4v) is 12.1. The van der Waals surface area contributed by atoms with E-state index in [1.807, 2.05) is 0 Å². The number of carbonyl (C=O) groups excluding carboxylic acids is 4. The zero-order chi connectivity index (χ0) is 72.2. The molecule has 3 aromatic rings. The van der Waals surface area contributed by atoms with E-state index in [0.717, 1.165) is 127 Å². The Balaban J connectivity index is 0.00000340. The smallest absolute Gasteiger partial charge is 0.756 e. The van der Waals surface area contributed by atoms with Crippen LogP contribution < -0.4 is 74.3 Å². The number of unbranched alkanes of at least 4 members (excludes halogenated alkanes) is 32. The van der Waals surface area contributed by atoms with Gasteiger partial charge in [0.25, 0.3) is 15.6 Å². The van der Waals surface area contributed by atoms with E-state index in [9.17, 15) is 73.5 Å². The zero-order valence-corrected chi connectivity index (χ0v) is 66.9. The van der Waals surface area contributed by atoms with Gasteiger partial charge in [0.2, 0.25) is 11.2 Å². The van der Waals surface area contributed by atoms with Crippen LogP contribution in [0.25, 0.3) is 22.3 Å². The first-order valence-electron chi connectivity index (χ1n) is 36.4.